The number of nitrogens with zero attached hydrogens (tertiary/aromatic N) is 4. The van der Waals surface area contributed by atoms with Gasteiger partial charge < -0.3 is 14.9 Å². The minimum Gasteiger partial charge on any atom is -0.374 e. The first kappa shape index (κ1) is 21.9. The number of aliphatic hydroxyl groups is 1. The van der Waals surface area contributed by atoms with Crippen molar-refractivity contribution in [2.24, 2.45) is 5.41 Å². The molecule has 31 heavy (non-hydrogen) atoms. The molecule has 2 aliphatic heterocycles. The van der Waals surface area contributed by atoms with Crippen LogP contribution in [0.2, 0.25) is 0 Å². The summed E-state index contributed by atoms with van der Waals surface area (Å²) in [4.78, 5) is 20.9. The molecule has 0 bridgehead atoms. The average molecular weight is 440 g/mol. The fourth-order valence-electron chi connectivity index (χ4n) is 4.15. The van der Waals surface area contributed by atoms with Gasteiger partial charge in [0.1, 0.15) is 12.3 Å². The number of nitrogens with one attached hydrogen (secondary N) is 1. The maximum Gasteiger partial charge on any atom is 0.238 e. The van der Waals surface area contributed by atoms with E-state index in [-0.39, 0.29) is 12.5 Å². The average Bonchev–Trinajstić information content (AvgIpc) is 3.25. The lowest BCUT2D eigenvalue weighted by Gasteiger charge is -2.38. The molecule has 2 aromatic rings. The number of hydrogen-bond donors (Lipinski definition) is 2. The standard InChI is InChI=1S/C23H29N5O2S/c1-23(2)6-9-27(10-7-23)16-3-4-20-19(11-16)18(5-8-25-20)22(30)26-13-21(29)28-15-31-14-17(28)12-24/h3-5,8,11,17,22,26,30H,6-7,9-10,13-15H2,1-2H3/t17-,22?/m1/s1. The first-order valence-electron chi connectivity index (χ1n) is 10.7. The van der Waals surface area contributed by atoms with E-state index in [0.29, 0.717) is 22.6 Å². The van der Waals surface area contributed by atoms with Crippen LogP contribution in [0, 0.1) is 16.7 Å². The van der Waals surface area contributed by atoms with Gasteiger partial charge in [-0.2, -0.15) is 5.26 Å². The number of pyridine rings is 1. The molecule has 8 heteroatoms. The predicted octanol–water partition coefficient (Wildman–Crippen LogP) is 2.87. The van der Waals surface area contributed by atoms with Crippen LogP contribution in [-0.4, -0.2) is 58.2 Å². The Morgan fingerprint density at radius 1 is 1.39 bits per heavy atom. The Hall–Kier alpha value is -2.34. The number of hydrogen-bond acceptors (Lipinski definition) is 7. The van der Waals surface area contributed by atoms with Crippen LogP contribution >= 0.6 is 11.8 Å². The number of amides is 1. The fraction of sp³-hybridized carbons (Fsp3) is 0.522. The van der Waals surface area contributed by atoms with E-state index in [0.717, 1.165) is 42.5 Å². The molecule has 2 saturated heterocycles. The molecule has 7 nitrogen and oxygen atoms in total. The molecule has 0 aliphatic carbocycles. The molecule has 0 saturated carbocycles. The van der Waals surface area contributed by atoms with E-state index in [9.17, 15) is 15.2 Å². The number of thioether (sulfide) groups is 1. The van der Waals surface area contributed by atoms with Gasteiger partial charge in [-0.05, 0) is 42.5 Å². The molecule has 2 N–H and O–H groups in total. The van der Waals surface area contributed by atoms with Gasteiger partial charge in [0, 0.05) is 41.7 Å². The maximum absolute atomic E-state index is 12.5. The normalized spacial score (nSPS) is 21.8. The quantitative estimate of drug-likeness (QED) is 0.692. The van der Waals surface area contributed by atoms with Gasteiger partial charge in [-0.3, -0.25) is 15.1 Å². The largest absolute Gasteiger partial charge is 0.374 e. The van der Waals surface area contributed by atoms with Crippen LogP contribution in [0.25, 0.3) is 10.9 Å². The molecule has 1 unspecified atom stereocenters. The number of piperidine rings is 1. The smallest absolute Gasteiger partial charge is 0.238 e. The molecule has 2 atom stereocenters. The van der Waals surface area contributed by atoms with Crippen molar-refractivity contribution in [1.82, 2.24) is 15.2 Å². The van der Waals surface area contributed by atoms with Gasteiger partial charge in [0.25, 0.3) is 0 Å². The summed E-state index contributed by atoms with van der Waals surface area (Å²) < 4.78 is 0. The Kier molecular flexibility index (Phi) is 6.37. The Bertz CT molecular complexity index is 995. The number of fused-ring (bicyclic) bond motifs is 1. The highest BCUT2D eigenvalue weighted by molar-refractivity contribution is 7.99. The zero-order valence-corrected chi connectivity index (χ0v) is 18.9. The van der Waals surface area contributed by atoms with E-state index < -0.39 is 12.3 Å². The third-order valence-electron chi connectivity index (χ3n) is 6.33. The summed E-state index contributed by atoms with van der Waals surface area (Å²) in [6, 6.07) is 9.73. The Morgan fingerprint density at radius 3 is 2.90 bits per heavy atom. The number of anilines is 1. The molecule has 2 fully saturated rings. The highest BCUT2D eigenvalue weighted by atomic mass is 32.2. The van der Waals surface area contributed by atoms with Crippen molar-refractivity contribution in [2.75, 3.05) is 36.2 Å². The van der Waals surface area contributed by atoms with Crippen molar-refractivity contribution < 1.29 is 9.90 Å². The monoisotopic (exact) mass is 439 g/mol. The highest BCUT2D eigenvalue weighted by Crippen LogP contribution is 2.34. The Morgan fingerprint density at radius 2 is 2.16 bits per heavy atom. The van der Waals surface area contributed by atoms with Crippen LogP contribution in [0.1, 0.15) is 38.5 Å². The van der Waals surface area contributed by atoms with Crippen LogP contribution in [0.5, 0.6) is 0 Å². The highest BCUT2D eigenvalue weighted by Gasteiger charge is 2.29. The van der Waals surface area contributed by atoms with Gasteiger partial charge >= 0.3 is 0 Å². The van der Waals surface area contributed by atoms with Gasteiger partial charge in [-0.25, -0.2) is 0 Å². The summed E-state index contributed by atoms with van der Waals surface area (Å²) >= 11 is 1.57. The van der Waals surface area contributed by atoms with E-state index in [1.54, 1.807) is 28.9 Å². The van der Waals surface area contributed by atoms with E-state index >= 15 is 0 Å². The SMILES string of the molecule is CC1(C)CCN(c2ccc3nccc(C(O)NCC(=O)N4CSC[C@H]4C#N)c3c2)CC1. The molecule has 2 aliphatic rings. The number of carbonyl (C=O) groups excluding carboxylic acids is 1. The number of nitriles is 1. The van der Waals surface area contributed by atoms with Gasteiger partial charge in [-0.15, -0.1) is 11.8 Å². The van der Waals surface area contributed by atoms with Crippen LogP contribution in [-0.2, 0) is 4.79 Å². The second-order valence-electron chi connectivity index (χ2n) is 9.04. The minimum absolute atomic E-state index is 0.0232. The van der Waals surface area contributed by atoms with Crippen LogP contribution in [0.15, 0.2) is 30.5 Å². The van der Waals surface area contributed by atoms with E-state index in [1.807, 2.05) is 6.07 Å². The number of aliphatic hydroxyl groups excluding tert-OH is 1. The van der Waals surface area contributed by atoms with Crippen molar-refractivity contribution in [1.29, 1.82) is 5.26 Å². The lowest BCUT2D eigenvalue weighted by atomic mass is 9.82. The molecular weight excluding hydrogens is 410 g/mol. The minimum atomic E-state index is -0.999. The van der Waals surface area contributed by atoms with E-state index in [4.69, 9.17) is 0 Å². The van der Waals surface area contributed by atoms with Crippen molar-refractivity contribution in [3.05, 3.63) is 36.0 Å². The van der Waals surface area contributed by atoms with Gasteiger partial charge in [0.05, 0.1) is 24.0 Å². The molecule has 1 amide bonds. The number of benzene rings is 1. The van der Waals surface area contributed by atoms with Gasteiger partial charge in [0.15, 0.2) is 0 Å². The zero-order chi connectivity index (χ0) is 22.0. The van der Waals surface area contributed by atoms with E-state index in [1.165, 1.54) is 0 Å². The summed E-state index contributed by atoms with van der Waals surface area (Å²) in [5.41, 5.74) is 3.02. The zero-order valence-electron chi connectivity index (χ0n) is 18.0. The Labute approximate surface area is 187 Å². The maximum atomic E-state index is 12.5. The molecular formula is C23H29N5O2S. The summed E-state index contributed by atoms with van der Waals surface area (Å²) in [5.74, 6) is 0.977. The summed E-state index contributed by atoms with van der Waals surface area (Å²) in [7, 11) is 0. The topological polar surface area (TPSA) is 92.5 Å². The van der Waals surface area contributed by atoms with Crippen molar-refractivity contribution in [3.63, 3.8) is 0 Å². The fourth-order valence-corrected chi connectivity index (χ4v) is 5.26. The second kappa shape index (κ2) is 9.03. The predicted molar refractivity (Wildman–Crippen MR) is 124 cm³/mol. The first-order chi connectivity index (χ1) is 14.9. The third-order valence-corrected chi connectivity index (χ3v) is 7.35. The molecule has 0 spiro atoms. The van der Waals surface area contributed by atoms with Crippen LogP contribution in [0.3, 0.4) is 0 Å². The molecule has 0 radical (unpaired) electrons. The number of rotatable bonds is 5. The van der Waals surface area contributed by atoms with Crippen LogP contribution in [0.4, 0.5) is 5.69 Å². The third kappa shape index (κ3) is 4.79. The number of aromatic nitrogens is 1. The molecule has 1 aromatic carbocycles. The van der Waals surface area contributed by atoms with E-state index in [2.05, 4.69) is 47.3 Å². The van der Waals surface area contributed by atoms with Crippen molar-refractivity contribution in [3.8, 4) is 6.07 Å². The van der Waals surface area contributed by atoms with Gasteiger partial charge in [-0.1, -0.05) is 13.8 Å². The summed E-state index contributed by atoms with van der Waals surface area (Å²) in [6.45, 7) is 6.63. The lowest BCUT2D eigenvalue weighted by Crippen LogP contribution is -2.42. The summed E-state index contributed by atoms with van der Waals surface area (Å²) in [5, 5.41) is 23.8. The molecule has 1 aromatic heterocycles. The van der Waals surface area contributed by atoms with Crippen molar-refractivity contribution in [2.45, 2.75) is 39.0 Å². The first-order valence-corrected chi connectivity index (χ1v) is 11.9. The lowest BCUT2D eigenvalue weighted by molar-refractivity contribution is -0.130. The Balaban J connectivity index is 1.49. The molecule has 164 valence electrons. The second-order valence-corrected chi connectivity index (χ2v) is 10.0. The van der Waals surface area contributed by atoms with Gasteiger partial charge in [0.2, 0.25) is 5.91 Å². The number of carbonyl (C=O) groups is 1. The molecule has 3 heterocycles. The molecule has 4 rings (SSSR count). The summed E-state index contributed by atoms with van der Waals surface area (Å²) in [6.07, 6.45) is 2.97. The van der Waals surface area contributed by atoms with Crippen LogP contribution < -0.4 is 10.2 Å². The van der Waals surface area contributed by atoms with Crippen molar-refractivity contribution >= 4 is 34.3 Å².